The van der Waals surface area contributed by atoms with E-state index in [0.717, 1.165) is 0 Å². The van der Waals surface area contributed by atoms with Crippen molar-refractivity contribution < 1.29 is 13.0 Å². The van der Waals surface area contributed by atoms with Crippen LogP contribution in [0, 0.1) is 0 Å². The van der Waals surface area contributed by atoms with Crippen molar-refractivity contribution in [3.05, 3.63) is 0 Å². The molecule has 0 rings (SSSR count). The van der Waals surface area contributed by atoms with Gasteiger partial charge in [-0.15, -0.1) is 0 Å². The maximum absolute atomic E-state index is 8.59. The molecule has 0 aromatic heterocycles. The second kappa shape index (κ2) is 10.4. The molecule has 6 heavy (non-hydrogen) atoms. The average Bonchev–Trinajstić information content (AvgIpc) is 0.811. The van der Waals surface area contributed by atoms with Crippen LogP contribution < -0.4 is 0 Å². The van der Waals surface area contributed by atoms with E-state index in [0.29, 0.717) is 0 Å². The minimum atomic E-state index is -3.12. The van der Waals surface area contributed by atoms with Gasteiger partial charge in [0.05, 0.1) is 0 Å². The Balaban J connectivity index is -0.0000000450. The molecule has 1 N–H and O–H groups in total. The zero-order chi connectivity index (χ0) is 3.58. The van der Waals surface area contributed by atoms with E-state index < -0.39 is 11.0 Å². The fraction of sp³-hybridized carbons (Fsp3) is 0. The molecule has 0 unspecified atom stereocenters. The molecule has 6 heteroatoms. The van der Waals surface area contributed by atoms with Crippen molar-refractivity contribution in [3.63, 3.8) is 0 Å². The van der Waals surface area contributed by atoms with E-state index in [9.17, 15) is 0 Å². The van der Waals surface area contributed by atoms with Crippen LogP contribution in [0.25, 0.3) is 0 Å². The summed E-state index contributed by atoms with van der Waals surface area (Å²) in [5.74, 6) is 0. The van der Waals surface area contributed by atoms with E-state index in [1.54, 1.807) is 0 Å². The van der Waals surface area contributed by atoms with E-state index in [-0.39, 0.29) is 75.5 Å². The molecule has 0 amide bonds. The first-order chi connectivity index (χ1) is 1.73. The van der Waals surface area contributed by atoms with Crippen LogP contribution in [0.4, 0.5) is 0 Å². The molecule has 34 valence electrons. The third-order valence-corrected chi connectivity index (χ3v) is 0. The Bertz CT molecular complexity index is 57.2. The molecular weight excluding hydrogens is 160 g/mol. The Morgan fingerprint density at radius 1 is 1.17 bits per heavy atom. The van der Waals surface area contributed by atoms with Gasteiger partial charge in [0.15, 0.2) is 0 Å². The van der Waals surface area contributed by atoms with Crippen LogP contribution >= 0.6 is 0 Å². The van der Waals surface area contributed by atoms with Gasteiger partial charge in [-0.2, -0.15) is 0 Å². The summed E-state index contributed by atoms with van der Waals surface area (Å²) < 4.78 is 24.2. The van der Waals surface area contributed by atoms with Crippen LogP contribution in [0.1, 0.15) is 0 Å². The Morgan fingerprint density at radius 3 is 1.17 bits per heavy atom. The van der Waals surface area contributed by atoms with Crippen LogP contribution in [-0.4, -0.2) is 88.4 Å². The summed E-state index contributed by atoms with van der Waals surface area (Å²) in [4.78, 5) is 0. The Hall–Kier alpha value is 2.43. The summed E-state index contributed by atoms with van der Waals surface area (Å²) in [7, 11) is -3.12. The van der Waals surface area contributed by atoms with E-state index in [4.69, 9.17) is 13.0 Å². The molecule has 0 heterocycles. The zero-order valence-corrected chi connectivity index (χ0v) is 2.61. The standard InChI is InChI=1S/2Ca.H2O3S.4H/c;;1-4(2)3;;;;/h;;4H,(H,1,2,3);;;;. The average molecular weight is 166 g/mol. The summed E-state index contributed by atoms with van der Waals surface area (Å²) in [6.07, 6.45) is 0. The van der Waals surface area contributed by atoms with Crippen LogP contribution in [0.15, 0.2) is 0 Å². The van der Waals surface area contributed by atoms with E-state index in [1.807, 2.05) is 0 Å². The molecule has 0 spiro atoms. The van der Waals surface area contributed by atoms with Gasteiger partial charge in [-0.1, -0.05) is 0 Å². The molecule has 0 fully saturated rings. The SMILES string of the molecule is O=[SH](=O)O.[CaH2].[CaH2]. The quantitative estimate of drug-likeness (QED) is 0.233. The van der Waals surface area contributed by atoms with Gasteiger partial charge < -0.3 is 0 Å². The third kappa shape index (κ3) is 32.1. The van der Waals surface area contributed by atoms with Crippen LogP contribution in [0.3, 0.4) is 0 Å². The topological polar surface area (TPSA) is 54.4 Å². The summed E-state index contributed by atoms with van der Waals surface area (Å²) in [6.45, 7) is 0. The fourth-order valence-electron chi connectivity index (χ4n) is 0. The van der Waals surface area contributed by atoms with Gasteiger partial charge in [-0.05, 0) is 0 Å². The first-order valence-corrected chi connectivity index (χ1v) is 1.70. The van der Waals surface area contributed by atoms with Gasteiger partial charge in [-0.3, -0.25) is 4.55 Å². The number of hydrogen-bond donors (Lipinski definition) is 2. The van der Waals surface area contributed by atoms with Crippen molar-refractivity contribution in [3.8, 4) is 0 Å². The zero-order valence-electron chi connectivity index (χ0n) is 1.71. The Kier molecular flexibility index (Phi) is 27.4. The van der Waals surface area contributed by atoms with E-state index in [2.05, 4.69) is 0 Å². The molecule has 0 saturated heterocycles. The van der Waals surface area contributed by atoms with Gasteiger partial charge in [0.2, 0.25) is 0 Å². The van der Waals surface area contributed by atoms with Crippen LogP contribution in [-0.2, 0) is 11.0 Å². The molecule has 0 aliphatic carbocycles. The van der Waals surface area contributed by atoms with Gasteiger partial charge in [0.1, 0.15) is 0 Å². The molecule has 0 aromatic carbocycles. The maximum atomic E-state index is 8.59. The molecule has 0 atom stereocenters. The Morgan fingerprint density at radius 2 is 1.17 bits per heavy atom. The molecule has 0 aliphatic rings. The minimum absolute atomic E-state index is 0. The number of hydrogen-bond acceptors (Lipinski definition) is 2. The summed E-state index contributed by atoms with van der Waals surface area (Å²) in [5.41, 5.74) is 0. The van der Waals surface area contributed by atoms with Gasteiger partial charge >= 0.3 is 75.5 Å². The number of rotatable bonds is 0. The van der Waals surface area contributed by atoms with Crippen molar-refractivity contribution in [2.75, 3.05) is 0 Å². The monoisotopic (exact) mass is 166 g/mol. The second-order valence-electron chi connectivity index (χ2n) is 0.238. The molecule has 0 radical (unpaired) electrons. The van der Waals surface area contributed by atoms with Gasteiger partial charge in [0.25, 0.3) is 11.0 Å². The molecule has 0 aromatic rings. The first-order valence-electron chi connectivity index (χ1n) is 0.565. The molecule has 3 nitrogen and oxygen atoms in total. The predicted octanol–water partition coefficient (Wildman–Crippen LogP) is -2.76. The molecule has 0 saturated carbocycles. The number of thiol groups is 1. The van der Waals surface area contributed by atoms with Crippen molar-refractivity contribution in [2.45, 2.75) is 0 Å². The summed E-state index contributed by atoms with van der Waals surface area (Å²) in [6, 6.07) is 0. The normalized spacial score (nSPS) is 5.67. The van der Waals surface area contributed by atoms with Crippen LogP contribution in [0.2, 0.25) is 0 Å². The van der Waals surface area contributed by atoms with Crippen molar-refractivity contribution >= 4 is 86.5 Å². The Labute approximate surface area is 97.3 Å². The van der Waals surface area contributed by atoms with Crippen molar-refractivity contribution in [2.24, 2.45) is 0 Å². The fourth-order valence-corrected chi connectivity index (χ4v) is 0. The van der Waals surface area contributed by atoms with Crippen LogP contribution in [0.5, 0.6) is 0 Å². The summed E-state index contributed by atoms with van der Waals surface area (Å²) in [5, 5.41) is 0. The predicted molar refractivity (Wildman–Crippen MR) is 30.0 cm³/mol. The van der Waals surface area contributed by atoms with Gasteiger partial charge in [-0.25, -0.2) is 8.42 Å². The van der Waals surface area contributed by atoms with Gasteiger partial charge in [0, 0.05) is 0 Å². The molecule has 0 aliphatic heterocycles. The van der Waals surface area contributed by atoms with E-state index >= 15 is 0 Å². The third-order valence-electron chi connectivity index (χ3n) is 0. The molecule has 0 bridgehead atoms. The van der Waals surface area contributed by atoms with Crippen molar-refractivity contribution in [1.82, 2.24) is 0 Å². The summed E-state index contributed by atoms with van der Waals surface area (Å²) >= 11 is 0. The van der Waals surface area contributed by atoms with E-state index in [1.165, 1.54) is 0 Å². The first kappa shape index (κ1) is 15.8. The van der Waals surface area contributed by atoms with Crippen molar-refractivity contribution in [1.29, 1.82) is 0 Å². The second-order valence-corrected chi connectivity index (χ2v) is 0.714. The molecular formula is H6Ca2O3S.